The summed E-state index contributed by atoms with van der Waals surface area (Å²) in [5.41, 5.74) is 5.16. The first-order valence-electron chi connectivity index (χ1n) is 4.23. The molecule has 0 aromatic carbocycles. The molecule has 0 aliphatic carbocycles. The average Bonchev–Trinajstić information content (AvgIpc) is 2.03. The highest BCUT2D eigenvalue weighted by Crippen LogP contribution is 2.10. The van der Waals surface area contributed by atoms with E-state index in [0.29, 0.717) is 0 Å². The van der Waals surface area contributed by atoms with Crippen molar-refractivity contribution < 1.29 is 24.9 Å². The summed E-state index contributed by atoms with van der Waals surface area (Å²) < 4.78 is 0. The molecule has 3 unspecified atom stereocenters. The minimum Gasteiger partial charge on any atom is -0.481 e. The maximum Gasteiger partial charge on any atom is 0.320 e. The zero-order chi connectivity index (χ0) is 11.3. The predicted octanol–water partition coefficient (Wildman–Crippen LogP) is -0.740. The Morgan fingerprint density at radius 3 is 2.07 bits per heavy atom. The minimum atomic E-state index is -1.20. The van der Waals surface area contributed by atoms with Crippen molar-refractivity contribution in [1.29, 1.82) is 0 Å². The molecule has 6 nitrogen and oxygen atoms in total. The van der Waals surface area contributed by atoms with Gasteiger partial charge in [0.05, 0.1) is 12.0 Å². The monoisotopic (exact) mass is 205 g/mol. The van der Waals surface area contributed by atoms with Gasteiger partial charge in [-0.25, -0.2) is 0 Å². The maximum atomic E-state index is 10.4. The number of rotatable bonds is 6. The third-order valence-electron chi connectivity index (χ3n) is 1.89. The number of aliphatic hydroxyl groups excluding tert-OH is 1. The third kappa shape index (κ3) is 4.78. The Bertz CT molecular complexity index is 196. The average molecular weight is 205 g/mol. The quantitative estimate of drug-likeness (QED) is 0.453. The summed E-state index contributed by atoms with van der Waals surface area (Å²) in [7, 11) is 0. The molecule has 14 heavy (non-hydrogen) atoms. The molecular formula is C8H15NO5. The summed E-state index contributed by atoms with van der Waals surface area (Å²) in [6.45, 7) is 1.44. The second-order valence-electron chi connectivity index (χ2n) is 3.31. The van der Waals surface area contributed by atoms with Gasteiger partial charge >= 0.3 is 11.9 Å². The van der Waals surface area contributed by atoms with Crippen LogP contribution in [0, 0.1) is 5.92 Å². The number of carboxylic acids is 2. The van der Waals surface area contributed by atoms with Gasteiger partial charge < -0.3 is 21.1 Å². The molecule has 0 rings (SSSR count). The van der Waals surface area contributed by atoms with E-state index in [1.54, 1.807) is 0 Å². The van der Waals surface area contributed by atoms with Crippen molar-refractivity contribution in [2.45, 2.75) is 31.9 Å². The fourth-order valence-electron chi connectivity index (χ4n) is 0.999. The van der Waals surface area contributed by atoms with Crippen molar-refractivity contribution >= 4 is 11.9 Å². The lowest BCUT2D eigenvalue weighted by atomic mass is 9.99. The first kappa shape index (κ1) is 12.9. The van der Waals surface area contributed by atoms with E-state index in [2.05, 4.69) is 0 Å². The molecule has 0 amide bonds. The molecule has 0 fully saturated rings. The van der Waals surface area contributed by atoms with Gasteiger partial charge in [0.2, 0.25) is 0 Å². The van der Waals surface area contributed by atoms with Crippen molar-refractivity contribution in [1.82, 2.24) is 0 Å². The van der Waals surface area contributed by atoms with Crippen LogP contribution in [0.1, 0.15) is 19.8 Å². The highest BCUT2D eigenvalue weighted by Gasteiger charge is 2.21. The Kier molecular flexibility index (Phi) is 5.11. The molecule has 0 saturated carbocycles. The van der Waals surface area contributed by atoms with Crippen molar-refractivity contribution in [3.63, 3.8) is 0 Å². The van der Waals surface area contributed by atoms with E-state index in [9.17, 15) is 14.7 Å². The van der Waals surface area contributed by atoms with Crippen LogP contribution in [-0.4, -0.2) is 39.4 Å². The Hall–Kier alpha value is -1.14. The van der Waals surface area contributed by atoms with E-state index >= 15 is 0 Å². The molecule has 0 heterocycles. The summed E-state index contributed by atoms with van der Waals surface area (Å²) in [4.78, 5) is 20.7. The fourth-order valence-corrected chi connectivity index (χ4v) is 0.999. The highest BCUT2D eigenvalue weighted by atomic mass is 16.4. The van der Waals surface area contributed by atoms with E-state index in [4.69, 9.17) is 15.9 Å². The second kappa shape index (κ2) is 5.56. The topological polar surface area (TPSA) is 121 Å². The summed E-state index contributed by atoms with van der Waals surface area (Å²) in [5.74, 6) is -2.93. The molecule has 0 aromatic rings. The van der Waals surface area contributed by atoms with E-state index in [0.717, 1.165) is 0 Å². The molecule has 0 aliphatic rings. The van der Waals surface area contributed by atoms with Crippen LogP contribution >= 0.6 is 0 Å². The van der Waals surface area contributed by atoms with Gasteiger partial charge in [-0.3, -0.25) is 9.59 Å². The van der Waals surface area contributed by atoms with Gasteiger partial charge in [0.25, 0.3) is 0 Å². The Balaban J connectivity index is 3.92. The van der Waals surface area contributed by atoms with Crippen LogP contribution in [0.4, 0.5) is 0 Å². The van der Waals surface area contributed by atoms with Crippen LogP contribution in [0.2, 0.25) is 0 Å². The largest absolute Gasteiger partial charge is 0.481 e. The van der Waals surface area contributed by atoms with Crippen molar-refractivity contribution in [3.05, 3.63) is 0 Å². The van der Waals surface area contributed by atoms with Gasteiger partial charge in [0.15, 0.2) is 0 Å². The molecule has 82 valence electrons. The third-order valence-corrected chi connectivity index (χ3v) is 1.89. The lowest BCUT2D eigenvalue weighted by Crippen LogP contribution is -2.35. The number of carbonyl (C=O) groups is 2. The van der Waals surface area contributed by atoms with Gasteiger partial charge in [-0.05, 0) is 12.8 Å². The molecule has 0 bridgehead atoms. The minimum absolute atomic E-state index is 0.0102. The smallest absolute Gasteiger partial charge is 0.320 e. The molecule has 5 N–H and O–H groups in total. The number of aliphatic hydroxyl groups is 1. The molecule has 3 atom stereocenters. The lowest BCUT2D eigenvalue weighted by molar-refractivity contribution is -0.142. The molecule has 6 heteroatoms. The second-order valence-corrected chi connectivity index (χ2v) is 3.31. The highest BCUT2D eigenvalue weighted by molar-refractivity contribution is 5.73. The van der Waals surface area contributed by atoms with Gasteiger partial charge in [-0.2, -0.15) is 0 Å². The standard InChI is InChI=1S/C8H15NO5/c1-4(7(11)12)2-5(10)3-6(9)8(13)14/h4-6,10H,2-3,9H2,1H3,(H,11,12)(H,13,14). The molecule has 0 spiro atoms. The number of carboxylic acid groups (broad SMARTS) is 2. The lowest BCUT2D eigenvalue weighted by Gasteiger charge is -2.15. The molecule has 0 aromatic heterocycles. The number of nitrogens with two attached hydrogens (primary N) is 1. The molecule has 0 radical (unpaired) electrons. The molecule has 0 saturated heterocycles. The Morgan fingerprint density at radius 2 is 1.71 bits per heavy atom. The van der Waals surface area contributed by atoms with Gasteiger partial charge in [-0.15, -0.1) is 0 Å². The Labute approximate surface area is 81.3 Å². The van der Waals surface area contributed by atoms with Gasteiger partial charge in [0, 0.05) is 0 Å². The van der Waals surface area contributed by atoms with Crippen LogP contribution < -0.4 is 5.73 Å². The Morgan fingerprint density at radius 1 is 1.21 bits per heavy atom. The molecular weight excluding hydrogens is 190 g/mol. The zero-order valence-electron chi connectivity index (χ0n) is 7.88. The van der Waals surface area contributed by atoms with E-state index < -0.39 is 30.0 Å². The van der Waals surface area contributed by atoms with E-state index in [-0.39, 0.29) is 12.8 Å². The number of hydrogen-bond acceptors (Lipinski definition) is 4. The fraction of sp³-hybridized carbons (Fsp3) is 0.750. The van der Waals surface area contributed by atoms with Crippen molar-refractivity contribution in [2.24, 2.45) is 11.7 Å². The molecule has 0 aliphatic heterocycles. The SMILES string of the molecule is CC(CC(O)CC(N)C(=O)O)C(=O)O. The van der Waals surface area contributed by atoms with Crippen LogP contribution in [0.25, 0.3) is 0 Å². The van der Waals surface area contributed by atoms with Crippen LogP contribution in [-0.2, 0) is 9.59 Å². The first-order valence-corrected chi connectivity index (χ1v) is 4.23. The number of aliphatic carboxylic acids is 2. The van der Waals surface area contributed by atoms with Crippen molar-refractivity contribution in [2.75, 3.05) is 0 Å². The van der Waals surface area contributed by atoms with Gasteiger partial charge in [-0.1, -0.05) is 6.92 Å². The normalized spacial score (nSPS) is 17.1. The summed E-state index contributed by atoms with van der Waals surface area (Å²) in [5, 5.41) is 26.2. The van der Waals surface area contributed by atoms with Crippen LogP contribution in [0.3, 0.4) is 0 Å². The van der Waals surface area contributed by atoms with Gasteiger partial charge in [0.1, 0.15) is 6.04 Å². The predicted molar refractivity (Wildman–Crippen MR) is 47.7 cm³/mol. The maximum absolute atomic E-state index is 10.4. The van der Waals surface area contributed by atoms with Crippen molar-refractivity contribution in [3.8, 4) is 0 Å². The summed E-state index contributed by atoms with van der Waals surface area (Å²) >= 11 is 0. The van der Waals surface area contributed by atoms with E-state index in [1.807, 2.05) is 0 Å². The first-order chi connectivity index (χ1) is 6.34. The van der Waals surface area contributed by atoms with E-state index in [1.165, 1.54) is 6.92 Å². The summed E-state index contributed by atoms with van der Waals surface area (Å²) in [6.07, 6.45) is -1.12. The zero-order valence-corrected chi connectivity index (χ0v) is 7.88. The number of hydrogen-bond donors (Lipinski definition) is 4. The van der Waals surface area contributed by atoms with Crippen LogP contribution in [0.15, 0.2) is 0 Å². The van der Waals surface area contributed by atoms with Crippen LogP contribution in [0.5, 0.6) is 0 Å². The summed E-state index contributed by atoms with van der Waals surface area (Å²) in [6, 6.07) is -1.15.